The van der Waals surface area contributed by atoms with Crippen LogP contribution in [0.1, 0.15) is 31.2 Å². The number of guanidine groups is 1. The lowest BCUT2D eigenvalue weighted by Crippen LogP contribution is -2.58. The maximum absolute atomic E-state index is 13.1. The smallest absolute Gasteiger partial charge is 0.326 e. The Labute approximate surface area is 223 Å². The summed E-state index contributed by atoms with van der Waals surface area (Å²) in [6.07, 6.45) is -1.29. The number of carboxylic acid groups (broad SMARTS) is 2. The molecule has 1 aromatic carbocycles. The van der Waals surface area contributed by atoms with E-state index in [1.54, 1.807) is 30.3 Å². The zero-order chi connectivity index (χ0) is 29.5. The molecular formula is C23H34N8O8. The Morgan fingerprint density at radius 2 is 1.36 bits per heavy atom. The Bertz CT molecular complexity index is 1060. The fraction of sp³-hybridized carbons (Fsp3) is 0.435. The molecule has 0 aliphatic carbocycles. The highest BCUT2D eigenvalue weighted by Gasteiger charge is 2.31. The monoisotopic (exact) mass is 550 g/mol. The summed E-state index contributed by atoms with van der Waals surface area (Å²) in [5, 5.41) is 25.3. The van der Waals surface area contributed by atoms with Gasteiger partial charge in [0.2, 0.25) is 23.6 Å². The van der Waals surface area contributed by atoms with Crippen LogP contribution in [0, 0.1) is 0 Å². The standard InChI is InChI=1S/C23H34N8O8/c24-13(10-18(33)34)19(35)30-16(11-17(25)32)21(37)31-15(9-12-5-2-1-3-6-12)20(36)29-14(22(38)39)7-4-8-28-23(26)27/h1-3,5-6,13-16H,4,7-11,24H2,(H2,25,32)(H,29,36)(H,30,35)(H,31,37)(H,33,34)(H,38,39)(H4,26,27,28). The molecule has 4 unspecified atom stereocenters. The maximum atomic E-state index is 13.1. The van der Waals surface area contributed by atoms with E-state index in [2.05, 4.69) is 20.9 Å². The van der Waals surface area contributed by atoms with Gasteiger partial charge in [-0.1, -0.05) is 30.3 Å². The number of primary amides is 1. The highest BCUT2D eigenvalue weighted by molar-refractivity contribution is 5.96. The van der Waals surface area contributed by atoms with Gasteiger partial charge in [-0.25, -0.2) is 4.79 Å². The van der Waals surface area contributed by atoms with Crippen molar-refractivity contribution >= 4 is 41.5 Å². The quantitative estimate of drug-likeness (QED) is 0.0520. The number of rotatable bonds is 17. The minimum absolute atomic E-state index is 0.0221. The van der Waals surface area contributed by atoms with Crippen LogP contribution in [-0.4, -0.2) is 82.5 Å². The van der Waals surface area contributed by atoms with E-state index in [1.807, 2.05) is 0 Å². The molecule has 0 aromatic heterocycles. The molecule has 0 heterocycles. The number of nitrogens with one attached hydrogen (secondary N) is 3. The molecule has 39 heavy (non-hydrogen) atoms. The van der Waals surface area contributed by atoms with Gasteiger partial charge in [-0.3, -0.25) is 29.0 Å². The third-order valence-electron chi connectivity index (χ3n) is 5.25. The molecule has 16 heteroatoms. The second kappa shape index (κ2) is 16.2. The van der Waals surface area contributed by atoms with Crippen LogP contribution < -0.4 is 38.9 Å². The SMILES string of the molecule is NC(=O)CC(NC(=O)C(N)CC(=O)O)C(=O)NC(Cc1ccccc1)C(=O)NC(CCCN=C(N)N)C(=O)O. The Morgan fingerprint density at radius 1 is 0.795 bits per heavy atom. The third kappa shape index (κ3) is 12.9. The maximum Gasteiger partial charge on any atom is 0.326 e. The van der Waals surface area contributed by atoms with Gasteiger partial charge in [0, 0.05) is 13.0 Å². The molecule has 4 amide bonds. The Balaban J connectivity index is 3.10. The second-order valence-electron chi connectivity index (χ2n) is 8.54. The largest absolute Gasteiger partial charge is 0.481 e. The number of amides is 4. The molecule has 0 radical (unpaired) electrons. The number of benzene rings is 1. The van der Waals surface area contributed by atoms with Crippen molar-refractivity contribution in [3.63, 3.8) is 0 Å². The van der Waals surface area contributed by atoms with Crippen molar-refractivity contribution in [2.24, 2.45) is 27.9 Å². The predicted octanol–water partition coefficient (Wildman–Crippen LogP) is -3.50. The topological polar surface area (TPSA) is 295 Å². The lowest BCUT2D eigenvalue weighted by Gasteiger charge is -2.25. The molecule has 0 saturated carbocycles. The van der Waals surface area contributed by atoms with Crippen LogP contribution in [0.2, 0.25) is 0 Å². The van der Waals surface area contributed by atoms with Crippen molar-refractivity contribution in [2.75, 3.05) is 6.54 Å². The Morgan fingerprint density at radius 3 is 1.90 bits per heavy atom. The van der Waals surface area contributed by atoms with Gasteiger partial charge in [-0.05, 0) is 18.4 Å². The molecule has 0 spiro atoms. The summed E-state index contributed by atoms with van der Waals surface area (Å²) >= 11 is 0. The van der Waals surface area contributed by atoms with Gasteiger partial charge in [-0.2, -0.15) is 0 Å². The van der Waals surface area contributed by atoms with Gasteiger partial charge in [0.1, 0.15) is 18.1 Å². The van der Waals surface area contributed by atoms with Crippen LogP contribution in [0.15, 0.2) is 35.3 Å². The molecule has 16 nitrogen and oxygen atoms in total. The van der Waals surface area contributed by atoms with E-state index in [4.69, 9.17) is 28.0 Å². The number of carboxylic acids is 2. The first kappa shape index (κ1) is 32.3. The molecule has 0 fully saturated rings. The first-order valence-electron chi connectivity index (χ1n) is 11.8. The minimum Gasteiger partial charge on any atom is -0.481 e. The lowest BCUT2D eigenvalue weighted by atomic mass is 10.0. The molecule has 1 aromatic rings. The molecule has 4 atom stereocenters. The van der Waals surface area contributed by atoms with E-state index < -0.39 is 72.6 Å². The zero-order valence-corrected chi connectivity index (χ0v) is 21.0. The molecular weight excluding hydrogens is 516 g/mol. The van der Waals surface area contributed by atoms with E-state index in [-0.39, 0.29) is 31.8 Å². The second-order valence-corrected chi connectivity index (χ2v) is 8.54. The summed E-state index contributed by atoms with van der Waals surface area (Å²) < 4.78 is 0. The van der Waals surface area contributed by atoms with Crippen LogP contribution in [0.4, 0.5) is 0 Å². The summed E-state index contributed by atoms with van der Waals surface area (Å²) in [6, 6.07) is 2.67. The van der Waals surface area contributed by atoms with Crippen molar-refractivity contribution in [3.05, 3.63) is 35.9 Å². The van der Waals surface area contributed by atoms with Crippen molar-refractivity contribution in [1.82, 2.24) is 16.0 Å². The predicted molar refractivity (Wildman–Crippen MR) is 138 cm³/mol. The third-order valence-corrected chi connectivity index (χ3v) is 5.25. The van der Waals surface area contributed by atoms with Gasteiger partial charge in [0.05, 0.1) is 18.9 Å². The molecule has 1 rings (SSSR count). The average molecular weight is 551 g/mol. The average Bonchev–Trinajstić information content (AvgIpc) is 2.84. The van der Waals surface area contributed by atoms with Crippen LogP contribution in [-0.2, 0) is 35.2 Å². The highest BCUT2D eigenvalue weighted by Crippen LogP contribution is 2.07. The number of hydrogen-bond donors (Lipinski definition) is 9. The number of nitrogens with zero attached hydrogens (tertiary/aromatic N) is 1. The number of carbonyl (C=O) groups is 6. The number of hydrogen-bond acceptors (Lipinski definition) is 8. The van der Waals surface area contributed by atoms with Gasteiger partial charge < -0.3 is 49.1 Å². The van der Waals surface area contributed by atoms with E-state index in [1.165, 1.54) is 0 Å². The van der Waals surface area contributed by atoms with E-state index in [9.17, 15) is 33.9 Å². The Kier molecular flexibility index (Phi) is 13.4. The first-order chi connectivity index (χ1) is 18.3. The van der Waals surface area contributed by atoms with Crippen molar-refractivity contribution in [1.29, 1.82) is 0 Å². The van der Waals surface area contributed by atoms with Crippen molar-refractivity contribution in [3.8, 4) is 0 Å². The molecule has 0 aliphatic heterocycles. The normalized spacial score (nSPS) is 13.6. The summed E-state index contributed by atoms with van der Waals surface area (Å²) in [6.45, 7) is 0.130. The zero-order valence-electron chi connectivity index (χ0n) is 21.0. The van der Waals surface area contributed by atoms with Crippen molar-refractivity contribution < 1.29 is 39.0 Å². The summed E-state index contributed by atoms with van der Waals surface area (Å²) in [7, 11) is 0. The van der Waals surface area contributed by atoms with Crippen LogP contribution >= 0.6 is 0 Å². The number of aliphatic carboxylic acids is 2. The Hall–Kier alpha value is -4.73. The lowest BCUT2D eigenvalue weighted by molar-refractivity contribution is -0.142. The minimum atomic E-state index is -1.59. The highest BCUT2D eigenvalue weighted by atomic mass is 16.4. The molecule has 0 bridgehead atoms. The van der Waals surface area contributed by atoms with Crippen LogP contribution in [0.25, 0.3) is 0 Å². The van der Waals surface area contributed by atoms with Crippen LogP contribution in [0.5, 0.6) is 0 Å². The van der Waals surface area contributed by atoms with E-state index in [0.29, 0.717) is 5.56 Å². The van der Waals surface area contributed by atoms with E-state index in [0.717, 1.165) is 0 Å². The number of aliphatic imine (C=N–C) groups is 1. The summed E-state index contributed by atoms with van der Waals surface area (Å²) in [4.78, 5) is 76.3. The van der Waals surface area contributed by atoms with Gasteiger partial charge in [-0.15, -0.1) is 0 Å². The van der Waals surface area contributed by atoms with Gasteiger partial charge in [0.15, 0.2) is 5.96 Å². The fourth-order valence-corrected chi connectivity index (χ4v) is 3.33. The molecule has 214 valence electrons. The molecule has 0 aliphatic rings. The summed E-state index contributed by atoms with van der Waals surface area (Å²) in [5.74, 6) is -6.72. The van der Waals surface area contributed by atoms with Crippen LogP contribution in [0.3, 0.4) is 0 Å². The fourth-order valence-electron chi connectivity index (χ4n) is 3.33. The molecule has 0 saturated heterocycles. The summed E-state index contributed by atoms with van der Waals surface area (Å²) in [5.41, 5.74) is 21.8. The first-order valence-corrected chi connectivity index (χ1v) is 11.8. The molecule has 13 N–H and O–H groups in total. The number of carbonyl (C=O) groups excluding carboxylic acids is 4. The van der Waals surface area contributed by atoms with Gasteiger partial charge >= 0.3 is 11.9 Å². The van der Waals surface area contributed by atoms with E-state index >= 15 is 0 Å². The number of nitrogens with two attached hydrogens (primary N) is 4. The van der Waals surface area contributed by atoms with Gasteiger partial charge in [0.25, 0.3) is 0 Å². The van der Waals surface area contributed by atoms with Crippen molar-refractivity contribution in [2.45, 2.75) is 56.3 Å².